The van der Waals surface area contributed by atoms with E-state index in [0.29, 0.717) is 5.25 Å². The standard InChI is InChI=1S/C19H25FN4OS/c20-16-7-5-15(6-8-16)18-21-22-19(26-17-3-1-2-4-17)24(18)10-9-23-11-13-25-14-12-23/h5-8,17H,1-4,9-14H2. The van der Waals surface area contributed by atoms with Crippen molar-refractivity contribution in [1.29, 1.82) is 0 Å². The van der Waals surface area contributed by atoms with E-state index in [0.717, 1.165) is 55.9 Å². The van der Waals surface area contributed by atoms with Crippen LogP contribution in [0.1, 0.15) is 25.7 Å². The fourth-order valence-corrected chi connectivity index (χ4v) is 4.87. The molecule has 2 aromatic rings. The molecule has 4 rings (SSSR count). The van der Waals surface area contributed by atoms with Crippen LogP contribution in [0.3, 0.4) is 0 Å². The Balaban J connectivity index is 1.55. The van der Waals surface area contributed by atoms with Crippen LogP contribution >= 0.6 is 11.8 Å². The van der Waals surface area contributed by atoms with E-state index in [9.17, 15) is 4.39 Å². The fraction of sp³-hybridized carbons (Fsp3) is 0.579. The van der Waals surface area contributed by atoms with E-state index in [4.69, 9.17) is 4.74 Å². The molecule has 1 saturated heterocycles. The smallest absolute Gasteiger partial charge is 0.191 e. The summed E-state index contributed by atoms with van der Waals surface area (Å²) in [6.45, 7) is 5.34. The molecule has 0 radical (unpaired) electrons. The summed E-state index contributed by atoms with van der Waals surface area (Å²) in [5.74, 6) is 0.604. The van der Waals surface area contributed by atoms with E-state index < -0.39 is 0 Å². The average Bonchev–Trinajstić information content (AvgIpc) is 3.32. The number of halogens is 1. The molecule has 26 heavy (non-hydrogen) atoms. The molecule has 1 aromatic carbocycles. The first-order chi connectivity index (χ1) is 12.8. The average molecular weight is 377 g/mol. The van der Waals surface area contributed by atoms with Crippen molar-refractivity contribution in [3.63, 3.8) is 0 Å². The number of hydrogen-bond donors (Lipinski definition) is 0. The van der Waals surface area contributed by atoms with Gasteiger partial charge in [0.15, 0.2) is 11.0 Å². The minimum atomic E-state index is -0.228. The predicted molar refractivity (Wildman–Crippen MR) is 101 cm³/mol. The summed E-state index contributed by atoms with van der Waals surface area (Å²) in [5, 5.41) is 10.6. The fourth-order valence-electron chi connectivity index (χ4n) is 3.61. The van der Waals surface area contributed by atoms with Crippen molar-refractivity contribution in [3.8, 4) is 11.4 Å². The molecule has 1 aliphatic carbocycles. The first-order valence-electron chi connectivity index (χ1n) is 9.45. The zero-order valence-electron chi connectivity index (χ0n) is 14.9. The first-order valence-corrected chi connectivity index (χ1v) is 10.3. The minimum absolute atomic E-state index is 0.228. The maximum Gasteiger partial charge on any atom is 0.191 e. The molecular weight excluding hydrogens is 351 g/mol. The Morgan fingerprint density at radius 3 is 2.50 bits per heavy atom. The molecule has 2 aliphatic rings. The molecule has 2 heterocycles. The van der Waals surface area contributed by atoms with E-state index in [-0.39, 0.29) is 5.82 Å². The number of rotatable bonds is 6. The molecule has 0 atom stereocenters. The van der Waals surface area contributed by atoms with Crippen LogP contribution in [-0.4, -0.2) is 57.8 Å². The third kappa shape index (κ3) is 4.27. The Bertz CT molecular complexity index is 709. The van der Waals surface area contributed by atoms with E-state index >= 15 is 0 Å². The lowest BCUT2D eigenvalue weighted by atomic mass is 10.2. The monoisotopic (exact) mass is 376 g/mol. The molecule has 1 saturated carbocycles. The normalized spacial score (nSPS) is 19.3. The van der Waals surface area contributed by atoms with Crippen molar-refractivity contribution >= 4 is 11.8 Å². The second kappa shape index (κ2) is 8.50. The van der Waals surface area contributed by atoms with Gasteiger partial charge in [-0.05, 0) is 37.1 Å². The van der Waals surface area contributed by atoms with Crippen LogP contribution < -0.4 is 0 Å². The number of ether oxygens (including phenoxy) is 1. The van der Waals surface area contributed by atoms with Crippen LogP contribution in [0.15, 0.2) is 29.4 Å². The molecule has 0 amide bonds. The summed E-state index contributed by atoms with van der Waals surface area (Å²) in [5.41, 5.74) is 0.916. The van der Waals surface area contributed by atoms with Gasteiger partial charge in [-0.3, -0.25) is 4.90 Å². The highest BCUT2D eigenvalue weighted by molar-refractivity contribution is 7.99. The quantitative estimate of drug-likeness (QED) is 0.773. The highest BCUT2D eigenvalue weighted by Gasteiger charge is 2.22. The Morgan fingerprint density at radius 2 is 1.77 bits per heavy atom. The molecule has 1 aliphatic heterocycles. The van der Waals surface area contributed by atoms with Crippen molar-refractivity contribution < 1.29 is 9.13 Å². The Morgan fingerprint density at radius 1 is 1.04 bits per heavy atom. The lowest BCUT2D eigenvalue weighted by Crippen LogP contribution is -2.38. The lowest BCUT2D eigenvalue weighted by molar-refractivity contribution is 0.0361. The lowest BCUT2D eigenvalue weighted by Gasteiger charge is -2.27. The number of hydrogen-bond acceptors (Lipinski definition) is 5. The van der Waals surface area contributed by atoms with Gasteiger partial charge >= 0.3 is 0 Å². The molecule has 0 bridgehead atoms. The molecular formula is C19H25FN4OS. The van der Waals surface area contributed by atoms with Gasteiger partial charge < -0.3 is 9.30 Å². The van der Waals surface area contributed by atoms with Gasteiger partial charge in [-0.2, -0.15) is 0 Å². The van der Waals surface area contributed by atoms with Gasteiger partial charge in [0.2, 0.25) is 0 Å². The summed E-state index contributed by atoms with van der Waals surface area (Å²) < 4.78 is 21.0. The summed E-state index contributed by atoms with van der Waals surface area (Å²) in [6, 6.07) is 6.55. The van der Waals surface area contributed by atoms with Crippen molar-refractivity contribution in [2.24, 2.45) is 0 Å². The molecule has 1 aromatic heterocycles. The summed E-state index contributed by atoms with van der Waals surface area (Å²) >= 11 is 1.86. The van der Waals surface area contributed by atoms with Crippen LogP contribution in [0.5, 0.6) is 0 Å². The molecule has 0 spiro atoms. The number of aromatic nitrogens is 3. The SMILES string of the molecule is Fc1ccc(-c2nnc(SC3CCCC3)n2CCN2CCOCC2)cc1. The minimum Gasteiger partial charge on any atom is -0.379 e. The third-order valence-electron chi connectivity index (χ3n) is 5.14. The van der Waals surface area contributed by atoms with Crippen molar-refractivity contribution in [2.45, 2.75) is 42.6 Å². The van der Waals surface area contributed by atoms with Crippen LogP contribution in [0.2, 0.25) is 0 Å². The topological polar surface area (TPSA) is 43.2 Å². The molecule has 7 heteroatoms. The Hall–Kier alpha value is -1.44. The van der Waals surface area contributed by atoms with E-state index in [1.165, 1.54) is 37.8 Å². The van der Waals surface area contributed by atoms with Gasteiger partial charge in [0, 0.05) is 37.0 Å². The van der Waals surface area contributed by atoms with Crippen LogP contribution in [0.4, 0.5) is 4.39 Å². The maximum atomic E-state index is 13.3. The zero-order valence-corrected chi connectivity index (χ0v) is 15.8. The number of morpholine rings is 1. The van der Waals surface area contributed by atoms with E-state index in [1.54, 1.807) is 12.1 Å². The predicted octanol–water partition coefficient (Wildman–Crippen LogP) is 3.45. The van der Waals surface area contributed by atoms with Gasteiger partial charge in [0.05, 0.1) is 13.2 Å². The number of benzene rings is 1. The second-order valence-corrected chi connectivity index (χ2v) is 8.21. The molecule has 0 unspecified atom stereocenters. The van der Waals surface area contributed by atoms with Gasteiger partial charge in [-0.1, -0.05) is 24.6 Å². The van der Waals surface area contributed by atoms with Crippen molar-refractivity contribution in [3.05, 3.63) is 30.1 Å². The molecule has 2 fully saturated rings. The van der Waals surface area contributed by atoms with Crippen LogP contribution in [0.25, 0.3) is 11.4 Å². The molecule has 5 nitrogen and oxygen atoms in total. The van der Waals surface area contributed by atoms with Gasteiger partial charge in [-0.25, -0.2) is 4.39 Å². The molecule has 0 N–H and O–H groups in total. The number of thioether (sulfide) groups is 1. The van der Waals surface area contributed by atoms with Crippen molar-refractivity contribution in [2.75, 3.05) is 32.8 Å². The third-order valence-corrected chi connectivity index (χ3v) is 6.45. The van der Waals surface area contributed by atoms with Gasteiger partial charge in [0.25, 0.3) is 0 Å². The highest BCUT2D eigenvalue weighted by atomic mass is 32.2. The molecule has 140 valence electrons. The largest absolute Gasteiger partial charge is 0.379 e. The summed E-state index contributed by atoms with van der Waals surface area (Å²) in [6.07, 6.45) is 5.13. The van der Waals surface area contributed by atoms with Crippen molar-refractivity contribution in [1.82, 2.24) is 19.7 Å². The maximum absolute atomic E-state index is 13.3. The summed E-state index contributed by atoms with van der Waals surface area (Å²) in [4.78, 5) is 2.42. The van der Waals surface area contributed by atoms with Crippen LogP contribution in [0, 0.1) is 5.82 Å². The Kier molecular flexibility index (Phi) is 5.87. The second-order valence-electron chi connectivity index (χ2n) is 6.94. The number of nitrogens with zero attached hydrogens (tertiary/aromatic N) is 4. The van der Waals surface area contributed by atoms with Gasteiger partial charge in [0.1, 0.15) is 5.82 Å². The zero-order chi connectivity index (χ0) is 17.8. The van der Waals surface area contributed by atoms with E-state index in [1.807, 2.05) is 11.8 Å². The van der Waals surface area contributed by atoms with Gasteiger partial charge in [-0.15, -0.1) is 10.2 Å². The highest BCUT2D eigenvalue weighted by Crippen LogP contribution is 2.35. The van der Waals surface area contributed by atoms with E-state index in [2.05, 4.69) is 19.7 Å². The Labute approximate surface area is 157 Å². The first kappa shape index (κ1) is 17.9. The summed E-state index contributed by atoms with van der Waals surface area (Å²) in [7, 11) is 0. The van der Waals surface area contributed by atoms with Crippen LogP contribution in [-0.2, 0) is 11.3 Å².